The summed E-state index contributed by atoms with van der Waals surface area (Å²) in [4.78, 5) is 0.229. The Balaban J connectivity index is 2.24. The molecule has 6 nitrogen and oxygen atoms in total. The van der Waals surface area contributed by atoms with E-state index in [0.717, 1.165) is 13.0 Å². The highest BCUT2D eigenvalue weighted by molar-refractivity contribution is 7.92. The van der Waals surface area contributed by atoms with Crippen LogP contribution in [0.15, 0.2) is 21.7 Å². The number of anilines is 1. The van der Waals surface area contributed by atoms with Crippen LogP contribution in [0.1, 0.15) is 24.7 Å². The highest BCUT2D eigenvalue weighted by Gasteiger charge is 2.24. The minimum absolute atomic E-state index is 0.229. The van der Waals surface area contributed by atoms with Gasteiger partial charge in [-0.15, -0.1) is 0 Å². The van der Waals surface area contributed by atoms with Crippen LogP contribution in [0.5, 0.6) is 0 Å². The number of rotatable bonds is 7. The molecule has 0 bridgehead atoms. The molecule has 2 rings (SSSR count). The van der Waals surface area contributed by atoms with Gasteiger partial charge in [0.2, 0.25) is 0 Å². The second-order valence-electron chi connectivity index (χ2n) is 4.42. The van der Waals surface area contributed by atoms with Crippen LogP contribution in [-0.2, 0) is 16.6 Å². The average molecular weight is 314 g/mol. The summed E-state index contributed by atoms with van der Waals surface area (Å²) in [6.07, 6.45) is 0.985. The molecule has 0 fully saturated rings. The molecule has 0 aliphatic carbocycles. The predicted molar refractivity (Wildman–Crippen MR) is 80.4 cm³/mol. The van der Waals surface area contributed by atoms with Crippen molar-refractivity contribution in [2.75, 3.05) is 11.3 Å². The summed E-state index contributed by atoms with van der Waals surface area (Å²) in [6.45, 7) is 5.01. The lowest BCUT2D eigenvalue weighted by Gasteiger charge is -2.08. The third-order valence-corrected chi connectivity index (χ3v) is 4.99. The quantitative estimate of drug-likeness (QED) is 0.683. The summed E-state index contributed by atoms with van der Waals surface area (Å²) >= 11 is 1.44. The van der Waals surface area contributed by atoms with Gasteiger partial charge in [-0.1, -0.05) is 6.92 Å². The lowest BCUT2D eigenvalue weighted by molar-refractivity contribution is 0.596. The van der Waals surface area contributed by atoms with E-state index in [0.29, 0.717) is 23.6 Å². The molecule has 0 aliphatic heterocycles. The predicted octanol–water partition coefficient (Wildman–Crippen LogP) is 2.08. The van der Waals surface area contributed by atoms with Crippen LogP contribution in [0.3, 0.4) is 0 Å². The molecular weight excluding hydrogens is 296 g/mol. The topological polar surface area (TPSA) is 86.9 Å². The minimum Gasteiger partial charge on any atom is -0.311 e. The zero-order valence-electron chi connectivity index (χ0n) is 11.4. The maximum absolute atomic E-state index is 12.4. The van der Waals surface area contributed by atoms with Crippen LogP contribution in [0.25, 0.3) is 0 Å². The fourth-order valence-electron chi connectivity index (χ4n) is 1.86. The standard InChI is InChI=1S/C12H18N4O2S2/c1-3-5-13-7-11-12(9(2)14-15-11)20(17,18)16-10-4-6-19-8-10/h4,6,8,13,16H,3,5,7H2,1-2H3,(H,14,15). The smallest absolute Gasteiger partial charge is 0.265 e. The normalized spacial score (nSPS) is 11.7. The molecule has 20 heavy (non-hydrogen) atoms. The molecule has 0 saturated carbocycles. The number of aryl methyl sites for hydroxylation is 1. The summed E-state index contributed by atoms with van der Waals surface area (Å²) in [5.41, 5.74) is 1.63. The van der Waals surface area contributed by atoms with E-state index in [9.17, 15) is 8.42 Å². The van der Waals surface area contributed by atoms with Crippen molar-refractivity contribution in [3.63, 3.8) is 0 Å². The summed E-state index contributed by atoms with van der Waals surface area (Å²) in [6, 6.07) is 1.73. The maximum atomic E-state index is 12.4. The lowest BCUT2D eigenvalue weighted by atomic mass is 10.3. The third kappa shape index (κ3) is 3.38. The summed E-state index contributed by atoms with van der Waals surface area (Å²) in [5.74, 6) is 0. The molecule has 2 aromatic heterocycles. The summed E-state index contributed by atoms with van der Waals surface area (Å²) in [5, 5.41) is 13.6. The monoisotopic (exact) mass is 314 g/mol. The Labute approximate surface area is 122 Å². The van der Waals surface area contributed by atoms with Gasteiger partial charge < -0.3 is 5.32 Å². The Morgan fingerprint density at radius 2 is 2.25 bits per heavy atom. The Hall–Kier alpha value is -1.38. The van der Waals surface area contributed by atoms with Gasteiger partial charge in [-0.3, -0.25) is 9.82 Å². The molecule has 0 spiro atoms. The first kappa shape index (κ1) is 15.0. The maximum Gasteiger partial charge on any atom is 0.265 e. The molecule has 0 amide bonds. The van der Waals surface area contributed by atoms with Gasteiger partial charge >= 0.3 is 0 Å². The Morgan fingerprint density at radius 1 is 1.45 bits per heavy atom. The van der Waals surface area contributed by atoms with Gasteiger partial charge in [-0.05, 0) is 31.3 Å². The third-order valence-electron chi connectivity index (χ3n) is 2.72. The summed E-state index contributed by atoms with van der Waals surface area (Å²) < 4.78 is 27.4. The van der Waals surface area contributed by atoms with Gasteiger partial charge in [-0.25, -0.2) is 8.42 Å². The Kier molecular flexibility index (Phi) is 4.79. The second kappa shape index (κ2) is 6.38. The van der Waals surface area contributed by atoms with Crippen molar-refractivity contribution >= 4 is 27.0 Å². The number of nitrogens with zero attached hydrogens (tertiary/aromatic N) is 1. The van der Waals surface area contributed by atoms with E-state index in [4.69, 9.17) is 0 Å². The van der Waals surface area contributed by atoms with E-state index in [2.05, 4.69) is 27.2 Å². The zero-order valence-corrected chi connectivity index (χ0v) is 13.1. The van der Waals surface area contributed by atoms with Gasteiger partial charge in [0.15, 0.2) is 0 Å². The van der Waals surface area contributed by atoms with E-state index in [1.165, 1.54) is 11.3 Å². The number of sulfonamides is 1. The van der Waals surface area contributed by atoms with Crippen LogP contribution in [-0.4, -0.2) is 25.2 Å². The molecule has 0 unspecified atom stereocenters. The van der Waals surface area contributed by atoms with Gasteiger partial charge in [0.05, 0.1) is 17.1 Å². The zero-order chi connectivity index (χ0) is 14.6. The highest BCUT2D eigenvalue weighted by atomic mass is 32.2. The van der Waals surface area contributed by atoms with Crippen molar-refractivity contribution in [1.29, 1.82) is 0 Å². The Morgan fingerprint density at radius 3 is 2.90 bits per heavy atom. The first-order chi connectivity index (χ1) is 9.54. The molecule has 8 heteroatoms. The van der Waals surface area contributed by atoms with Gasteiger partial charge in [0, 0.05) is 11.9 Å². The molecule has 0 aliphatic rings. The van der Waals surface area contributed by atoms with E-state index in [1.54, 1.807) is 18.4 Å². The molecule has 0 atom stereocenters. The van der Waals surface area contributed by atoms with Gasteiger partial charge in [0.25, 0.3) is 10.0 Å². The SMILES string of the molecule is CCCNCc1n[nH]c(C)c1S(=O)(=O)Nc1ccsc1. The highest BCUT2D eigenvalue weighted by Crippen LogP contribution is 2.22. The fraction of sp³-hybridized carbons (Fsp3) is 0.417. The molecule has 2 heterocycles. The number of nitrogens with one attached hydrogen (secondary N) is 3. The molecule has 0 aromatic carbocycles. The summed E-state index contributed by atoms with van der Waals surface area (Å²) in [7, 11) is -3.62. The van der Waals surface area contributed by atoms with Crippen molar-refractivity contribution in [1.82, 2.24) is 15.5 Å². The first-order valence-corrected chi connectivity index (χ1v) is 8.76. The lowest BCUT2D eigenvalue weighted by Crippen LogP contribution is -2.19. The second-order valence-corrected chi connectivity index (χ2v) is 6.82. The Bertz CT molecular complexity index is 647. The van der Waals surface area contributed by atoms with Gasteiger partial charge in [-0.2, -0.15) is 16.4 Å². The van der Waals surface area contributed by atoms with E-state index in [1.807, 2.05) is 5.38 Å². The number of aromatic nitrogens is 2. The van der Waals surface area contributed by atoms with Crippen LogP contribution >= 0.6 is 11.3 Å². The van der Waals surface area contributed by atoms with E-state index in [-0.39, 0.29) is 4.90 Å². The molecular formula is C12H18N4O2S2. The van der Waals surface area contributed by atoms with Crippen LogP contribution < -0.4 is 10.0 Å². The van der Waals surface area contributed by atoms with Crippen molar-refractivity contribution < 1.29 is 8.42 Å². The number of hydrogen-bond acceptors (Lipinski definition) is 5. The van der Waals surface area contributed by atoms with E-state index >= 15 is 0 Å². The molecule has 0 radical (unpaired) electrons. The molecule has 2 aromatic rings. The van der Waals surface area contributed by atoms with Crippen LogP contribution in [0.2, 0.25) is 0 Å². The van der Waals surface area contributed by atoms with Crippen molar-refractivity contribution in [3.8, 4) is 0 Å². The number of aromatic amines is 1. The molecule has 0 saturated heterocycles. The first-order valence-electron chi connectivity index (χ1n) is 6.34. The van der Waals surface area contributed by atoms with Crippen molar-refractivity contribution in [2.24, 2.45) is 0 Å². The fourth-order valence-corrected chi connectivity index (χ4v) is 3.94. The number of hydrogen-bond donors (Lipinski definition) is 3. The molecule has 110 valence electrons. The van der Waals surface area contributed by atoms with E-state index < -0.39 is 10.0 Å². The van der Waals surface area contributed by atoms with Crippen LogP contribution in [0, 0.1) is 6.92 Å². The van der Waals surface area contributed by atoms with Crippen molar-refractivity contribution in [2.45, 2.75) is 31.7 Å². The van der Waals surface area contributed by atoms with Crippen molar-refractivity contribution in [3.05, 3.63) is 28.2 Å². The number of H-pyrrole nitrogens is 1. The number of thiophene rings is 1. The minimum atomic E-state index is -3.62. The van der Waals surface area contributed by atoms with Crippen LogP contribution in [0.4, 0.5) is 5.69 Å². The average Bonchev–Trinajstić information content (AvgIpc) is 2.99. The largest absolute Gasteiger partial charge is 0.311 e. The van der Waals surface area contributed by atoms with Gasteiger partial charge in [0.1, 0.15) is 4.90 Å². The molecule has 3 N–H and O–H groups in total.